The fraction of sp³-hybridized carbons (Fsp3) is 0.269. The number of nitrogens with zero attached hydrogens (tertiary/aromatic N) is 1. The maximum absolute atomic E-state index is 11.6. The van der Waals surface area contributed by atoms with Crippen LogP contribution in [-0.2, 0) is 9.59 Å². The number of aromatic nitrogens is 3. The number of halogens is 3. The van der Waals surface area contributed by atoms with Gasteiger partial charge in [0, 0.05) is 48.0 Å². The third-order valence-corrected chi connectivity index (χ3v) is 5.58. The molecule has 208 valence electrons. The first-order valence-electron chi connectivity index (χ1n) is 11.7. The average Bonchev–Trinajstić information content (AvgIpc) is 3.57. The third kappa shape index (κ3) is 8.42. The summed E-state index contributed by atoms with van der Waals surface area (Å²) in [7, 11) is 1.61. The number of benzene rings is 2. The van der Waals surface area contributed by atoms with E-state index in [1.807, 2.05) is 48.7 Å². The summed E-state index contributed by atoms with van der Waals surface area (Å²) in [6.45, 7) is 1.32. The molecule has 0 saturated heterocycles. The number of carboxylic acids is 2. The summed E-state index contributed by atoms with van der Waals surface area (Å²) in [5.41, 5.74) is 2.79. The molecular weight excluding hydrogens is 521 g/mol. The van der Waals surface area contributed by atoms with Crippen LogP contribution in [0.4, 0.5) is 19.1 Å². The minimum absolute atomic E-state index is 0.000201. The summed E-state index contributed by atoms with van der Waals surface area (Å²) in [6, 6.07) is 13.4. The van der Waals surface area contributed by atoms with E-state index >= 15 is 0 Å². The highest BCUT2D eigenvalue weighted by atomic mass is 19.4. The van der Waals surface area contributed by atoms with Crippen molar-refractivity contribution in [2.24, 2.45) is 0 Å². The van der Waals surface area contributed by atoms with Gasteiger partial charge in [0.05, 0.1) is 20.1 Å². The van der Waals surface area contributed by atoms with Crippen LogP contribution in [0.2, 0.25) is 0 Å². The van der Waals surface area contributed by atoms with E-state index in [0.29, 0.717) is 6.61 Å². The number of anilines is 1. The average molecular weight is 549 g/mol. The van der Waals surface area contributed by atoms with Gasteiger partial charge in [-0.1, -0.05) is 12.1 Å². The first-order valence-corrected chi connectivity index (χ1v) is 11.7. The predicted octanol–water partition coefficient (Wildman–Crippen LogP) is 5.02. The molecule has 0 saturated carbocycles. The van der Waals surface area contributed by atoms with Gasteiger partial charge in [0.15, 0.2) is 5.95 Å². The number of rotatable bonds is 11. The monoisotopic (exact) mass is 548 g/mol. The lowest BCUT2D eigenvalue weighted by Gasteiger charge is -2.16. The Hall–Kier alpha value is -4.68. The molecule has 1 unspecified atom stereocenters. The van der Waals surface area contributed by atoms with Crippen molar-refractivity contribution in [2.75, 3.05) is 25.6 Å². The molecule has 2 aromatic carbocycles. The Labute approximate surface area is 220 Å². The topological polar surface area (TPSA) is 150 Å². The van der Waals surface area contributed by atoms with Crippen molar-refractivity contribution in [1.82, 2.24) is 15.0 Å². The number of alkyl halides is 3. The Morgan fingerprint density at radius 1 is 1.08 bits per heavy atom. The fourth-order valence-corrected chi connectivity index (χ4v) is 3.75. The number of hydrogen-bond acceptors (Lipinski definition) is 6. The molecule has 0 spiro atoms. The number of hydrogen-bond donors (Lipinski definition) is 5. The Bertz CT molecular complexity index is 1350. The highest BCUT2D eigenvalue weighted by Crippen LogP contribution is 2.35. The standard InChI is InChI=1S/C24H26N4O4.C2HF3O2/c1-31-17-5-3-16(4-6-17)20(14-23(29)30)21-15-28-22-13-18(7-8-19(21)22)32-12-2-9-25-24-26-10-11-27-24;3-2(4,5)1(6)7/h3-8,10-11,13,15,20,28H,2,9,12,14H2,1H3,(H,29,30)(H2,25,26,27);(H,6,7). The largest absolute Gasteiger partial charge is 0.497 e. The van der Waals surface area contributed by atoms with Gasteiger partial charge in [0.25, 0.3) is 0 Å². The van der Waals surface area contributed by atoms with Crippen molar-refractivity contribution in [3.63, 3.8) is 0 Å². The maximum atomic E-state index is 11.6. The normalized spacial score (nSPS) is 11.8. The Kier molecular flexibility index (Phi) is 9.79. The van der Waals surface area contributed by atoms with E-state index in [1.165, 1.54) is 0 Å². The number of carboxylic acid groups (broad SMARTS) is 2. The second-order valence-electron chi connectivity index (χ2n) is 8.24. The maximum Gasteiger partial charge on any atom is 0.490 e. The summed E-state index contributed by atoms with van der Waals surface area (Å²) in [5.74, 6) is -1.62. The van der Waals surface area contributed by atoms with Crippen LogP contribution in [0.5, 0.6) is 11.5 Å². The number of imidazole rings is 1. The third-order valence-electron chi connectivity index (χ3n) is 5.58. The molecule has 4 aromatic rings. The van der Waals surface area contributed by atoms with E-state index in [1.54, 1.807) is 19.5 Å². The fourth-order valence-electron chi connectivity index (χ4n) is 3.75. The molecule has 39 heavy (non-hydrogen) atoms. The van der Waals surface area contributed by atoms with E-state index in [4.69, 9.17) is 19.4 Å². The van der Waals surface area contributed by atoms with Crippen molar-refractivity contribution in [3.05, 3.63) is 72.2 Å². The lowest BCUT2D eigenvalue weighted by atomic mass is 9.88. The quantitative estimate of drug-likeness (QED) is 0.164. The van der Waals surface area contributed by atoms with Crippen LogP contribution >= 0.6 is 0 Å². The highest BCUT2D eigenvalue weighted by molar-refractivity contribution is 5.86. The first-order chi connectivity index (χ1) is 18.6. The van der Waals surface area contributed by atoms with Crippen LogP contribution in [0.1, 0.15) is 29.9 Å². The van der Waals surface area contributed by atoms with Crippen LogP contribution in [0.15, 0.2) is 61.1 Å². The minimum atomic E-state index is -5.08. The number of H-pyrrole nitrogens is 2. The number of methoxy groups -OCH3 is 1. The molecule has 0 radical (unpaired) electrons. The van der Waals surface area contributed by atoms with Crippen molar-refractivity contribution in [1.29, 1.82) is 0 Å². The summed E-state index contributed by atoms with van der Waals surface area (Å²) >= 11 is 0. The van der Waals surface area contributed by atoms with E-state index in [2.05, 4.69) is 20.3 Å². The second kappa shape index (κ2) is 13.2. The lowest BCUT2D eigenvalue weighted by Crippen LogP contribution is -2.21. The first kappa shape index (κ1) is 28.9. The van der Waals surface area contributed by atoms with Crippen molar-refractivity contribution >= 4 is 28.8 Å². The highest BCUT2D eigenvalue weighted by Gasteiger charge is 2.38. The molecule has 0 bridgehead atoms. The number of carbonyl (C=O) groups is 2. The van der Waals surface area contributed by atoms with Gasteiger partial charge in [-0.05, 0) is 41.8 Å². The smallest absolute Gasteiger partial charge is 0.490 e. The van der Waals surface area contributed by atoms with Gasteiger partial charge < -0.3 is 35.0 Å². The second-order valence-corrected chi connectivity index (χ2v) is 8.24. The van der Waals surface area contributed by atoms with Gasteiger partial charge in [-0.2, -0.15) is 13.2 Å². The number of ether oxygens (including phenoxy) is 2. The molecule has 0 fully saturated rings. The SMILES string of the molecule is COc1ccc(C(CC(=O)O)c2c[nH]c3cc(OCCCNc4ncc[nH]4)ccc23)cc1.O=C(O)C(F)(F)F. The summed E-state index contributed by atoms with van der Waals surface area (Å²) < 4.78 is 42.8. The van der Waals surface area contributed by atoms with Crippen LogP contribution in [-0.4, -0.2) is 63.5 Å². The van der Waals surface area contributed by atoms with Crippen molar-refractivity contribution in [2.45, 2.75) is 24.9 Å². The number of aromatic amines is 2. The van der Waals surface area contributed by atoms with Crippen LogP contribution in [0.3, 0.4) is 0 Å². The molecule has 10 nitrogen and oxygen atoms in total. The molecule has 0 aliphatic rings. The van der Waals surface area contributed by atoms with Gasteiger partial charge in [0.2, 0.25) is 0 Å². The molecular formula is C26H27F3N4O6. The van der Waals surface area contributed by atoms with E-state index in [-0.39, 0.29) is 12.3 Å². The van der Waals surface area contributed by atoms with Gasteiger partial charge in [0.1, 0.15) is 11.5 Å². The number of aliphatic carboxylic acids is 2. The number of nitrogens with one attached hydrogen (secondary N) is 3. The molecule has 2 aromatic heterocycles. The molecule has 0 amide bonds. The van der Waals surface area contributed by atoms with Crippen LogP contribution < -0.4 is 14.8 Å². The van der Waals surface area contributed by atoms with Crippen LogP contribution in [0.25, 0.3) is 10.9 Å². The van der Waals surface area contributed by atoms with Crippen LogP contribution in [0, 0.1) is 0 Å². The molecule has 4 rings (SSSR count). The zero-order valence-corrected chi connectivity index (χ0v) is 20.8. The lowest BCUT2D eigenvalue weighted by molar-refractivity contribution is -0.192. The molecule has 0 aliphatic carbocycles. The molecule has 5 N–H and O–H groups in total. The van der Waals surface area contributed by atoms with Crippen molar-refractivity contribution < 1.29 is 42.4 Å². The Morgan fingerprint density at radius 2 is 1.77 bits per heavy atom. The van der Waals surface area contributed by atoms with Crippen molar-refractivity contribution in [3.8, 4) is 11.5 Å². The Morgan fingerprint density at radius 3 is 2.36 bits per heavy atom. The zero-order chi connectivity index (χ0) is 28.4. The van der Waals surface area contributed by atoms with Gasteiger partial charge in [-0.25, -0.2) is 9.78 Å². The van der Waals surface area contributed by atoms with E-state index in [9.17, 15) is 23.1 Å². The van der Waals surface area contributed by atoms with Gasteiger partial charge in [-0.15, -0.1) is 0 Å². The van der Waals surface area contributed by atoms with Gasteiger partial charge in [-0.3, -0.25) is 4.79 Å². The molecule has 13 heteroatoms. The molecule has 1 atom stereocenters. The predicted molar refractivity (Wildman–Crippen MR) is 136 cm³/mol. The molecule has 0 aliphatic heterocycles. The number of fused-ring (bicyclic) bond motifs is 1. The zero-order valence-electron chi connectivity index (χ0n) is 20.8. The summed E-state index contributed by atoms with van der Waals surface area (Å²) in [6.07, 6.45) is 1.11. The summed E-state index contributed by atoms with van der Waals surface area (Å²) in [5, 5.41) is 20.8. The van der Waals surface area contributed by atoms with E-state index in [0.717, 1.165) is 52.4 Å². The summed E-state index contributed by atoms with van der Waals surface area (Å²) in [4.78, 5) is 30.9. The molecule has 2 heterocycles. The minimum Gasteiger partial charge on any atom is -0.497 e. The van der Waals surface area contributed by atoms with E-state index < -0.39 is 18.1 Å². The Balaban J connectivity index is 0.000000532. The van der Waals surface area contributed by atoms with Gasteiger partial charge >= 0.3 is 18.1 Å².